The molecule has 1 heterocycles. The molecule has 0 radical (unpaired) electrons. The van der Waals surface area contributed by atoms with E-state index >= 15 is 0 Å². The lowest BCUT2D eigenvalue weighted by molar-refractivity contribution is -0.116. The van der Waals surface area contributed by atoms with E-state index in [-0.39, 0.29) is 18.4 Å². The summed E-state index contributed by atoms with van der Waals surface area (Å²) in [6.07, 6.45) is 0. The monoisotopic (exact) mass is 455 g/mol. The summed E-state index contributed by atoms with van der Waals surface area (Å²) in [5.41, 5.74) is 2.22. The normalized spacial score (nSPS) is 13.5. The third-order valence-corrected chi connectivity index (χ3v) is 5.34. The minimum absolute atomic E-state index is 0.0478. The van der Waals surface area contributed by atoms with Crippen LogP contribution >= 0.6 is 0 Å². The quantitative estimate of drug-likeness (QED) is 0.525. The fraction of sp³-hybridized carbons (Fsp3) is 0.440. The van der Waals surface area contributed by atoms with Crippen molar-refractivity contribution in [2.75, 3.05) is 69.4 Å². The standard InChI is InChI=1S/C25H33N3O5/c1-3-27(25(30)22-7-5-6-8-23(22)33-18-17-31-4-2)19-24(29)26-20-9-11-21(12-10-20)28-13-15-32-16-14-28/h5-12H,3-4,13-19H2,1-2H3,(H,26,29). The van der Waals surface area contributed by atoms with E-state index in [9.17, 15) is 9.59 Å². The van der Waals surface area contributed by atoms with E-state index in [0.717, 1.165) is 32.0 Å². The molecule has 1 aliphatic heterocycles. The molecule has 8 heteroatoms. The van der Waals surface area contributed by atoms with Crippen molar-refractivity contribution in [1.82, 2.24) is 4.90 Å². The van der Waals surface area contributed by atoms with Crippen molar-refractivity contribution >= 4 is 23.2 Å². The first-order valence-corrected chi connectivity index (χ1v) is 11.4. The first-order chi connectivity index (χ1) is 16.1. The van der Waals surface area contributed by atoms with Crippen LogP contribution in [-0.4, -0.2) is 75.9 Å². The van der Waals surface area contributed by atoms with Crippen LogP contribution in [-0.2, 0) is 14.3 Å². The minimum atomic E-state index is -0.251. The number of para-hydroxylation sites is 1. The van der Waals surface area contributed by atoms with Gasteiger partial charge < -0.3 is 29.3 Å². The van der Waals surface area contributed by atoms with Crippen molar-refractivity contribution in [2.24, 2.45) is 0 Å². The number of carbonyl (C=O) groups is 2. The summed E-state index contributed by atoms with van der Waals surface area (Å²) < 4.78 is 16.4. The lowest BCUT2D eigenvalue weighted by Gasteiger charge is -2.29. The molecule has 1 N–H and O–H groups in total. The van der Waals surface area contributed by atoms with Gasteiger partial charge in [-0.3, -0.25) is 9.59 Å². The molecule has 0 unspecified atom stereocenters. The van der Waals surface area contributed by atoms with Crippen molar-refractivity contribution in [3.63, 3.8) is 0 Å². The molecule has 1 fully saturated rings. The van der Waals surface area contributed by atoms with E-state index in [1.807, 2.05) is 44.2 Å². The first-order valence-electron chi connectivity index (χ1n) is 11.4. The second-order valence-electron chi connectivity index (χ2n) is 7.56. The molecule has 2 amide bonds. The zero-order valence-electron chi connectivity index (χ0n) is 19.4. The van der Waals surface area contributed by atoms with Crippen LogP contribution in [0.4, 0.5) is 11.4 Å². The number of nitrogens with zero attached hydrogens (tertiary/aromatic N) is 2. The molecule has 2 aromatic carbocycles. The Labute approximate surface area is 195 Å². The number of nitrogens with one attached hydrogen (secondary N) is 1. The van der Waals surface area contributed by atoms with Gasteiger partial charge in [-0.2, -0.15) is 0 Å². The maximum atomic E-state index is 13.1. The average Bonchev–Trinajstić information content (AvgIpc) is 2.86. The van der Waals surface area contributed by atoms with Gasteiger partial charge in [0, 0.05) is 37.6 Å². The van der Waals surface area contributed by atoms with Gasteiger partial charge in [0.2, 0.25) is 5.91 Å². The highest BCUT2D eigenvalue weighted by Crippen LogP contribution is 2.21. The summed E-state index contributed by atoms with van der Waals surface area (Å²) in [5, 5.41) is 2.88. The maximum absolute atomic E-state index is 13.1. The van der Waals surface area contributed by atoms with E-state index in [4.69, 9.17) is 14.2 Å². The maximum Gasteiger partial charge on any atom is 0.258 e. The van der Waals surface area contributed by atoms with Crippen LogP contribution in [0.1, 0.15) is 24.2 Å². The Morgan fingerprint density at radius 2 is 1.76 bits per heavy atom. The molecule has 0 atom stereocenters. The Bertz CT molecular complexity index is 897. The molecule has 0 aromatic heterocycles. The molecule has 1 aliphatic rings. The lowest BCUT2D eigenvalue weighted by atomic mass is 10.1. The van der Waals surface area contributed by atoms with E-state index in [1.165, 1.54) is 4.90 Å². The molecule has 0 bridgehead atoms. The Hall–Kier alpha value is -3.10. The number of likely N-dealkylation sites (N-methyl/N-ethyl adjacent to an activating group) is 1. The topological polar surface area (TPSA) is 80.3 Å². The van der Waals surface area contributed by atoms with Crippen LogP contribution in [0.3, 0.4) is 0 Å². The van der Waals surface area contributed by atoms with Gasteiger partial charge in [-0.1, -0.05) is 12.1 Å². The van der Waals surface area contributed by atoms with Crippen molar-refractivity contribution in [3.8, 4) is 5.75 Å². The van der Waals surface area contributed by atoms with E-state index in [2.05, 4.69) is 10.2 Å². The largest absolute Gasteiger partial charge is 0.490 e. The molecule has 1 saturated heterocycles. The second-order valence-corrected chi connectivity index (χ2v) is 7.56. The minimum Gasteiger partial charge on any atom is -0.490 e. The summed E-state index contributed by atoms with van der Waals surface area (Å²) in [4.78, 5) is 29.5. The van der Waals surface area contributed by atoms with Crippen molar-refractivity contribution < 1.29 is 23.8 Å². The highest BCUT2D eigenvalue weighted by Gasteiger charge is 2.21. The highest BCUT2D eigenvalue weighted by atomic mass is 16.5. The molecular weight excluding hydrogens is 422 g/mol. The number of ether oxygens (including phenoxy) is 3. The number of benzene rings is 2. The number of amides is 2. The zero-order valence-corrected chi connectivity index (χ0v) is 19.4. The predicted octanol–water partition coefficient (Wildman–Crippen LogP) is 3.04. The molecule has 0 saturated carbocycles. The van der Waals surface area contributed by atoms with Crippen LogP contribution in [0.15, 0.2) is 48.5 Å². The number of anilines is 2. The van der Waals surface area contributed by atoms with Crippen LogP contribution in [0.25, 0.3) is 0 Å². The summed E-state index contributed by atoms with van der Waals surface area (Å²) in [5.74, 6) is -0.0128. The van der Waals surface area contributed by atoms with Crippen LogP contribution in [0, 0.1) is 0 Å². The molecule has 3 rings (SSSR count). The van der Waals surface area contributed by atoms with Crippen LogP contribution in [0.5, 0.6) is 5.75 Å². The van der Waals surface area contributed by atoms with Gasteiger partial charge in [-0.25, -0.2) is 0 Å². The third-order valence-electron chi connectivity index (χ3n) is 5.34. The first kappa shape index (κ1) is 24.5. The van der Waals surface area contributed by atoms with Crippen LogP contribution < -0.4 is 15.0 Å². The Morgan fingerprint density at radius 3 is 2.45 bits per heavy atom. The van der Waals surface area contributed by atoms with E-state index < -0.39 is 0 Å². The smallest absolute Gasteiger partial charge is 0.258 e. The third kappa shape index (κ3) is 7.20. The van der Waals surface area contributed by atoms with E-state index in [0.29, 0.717) is 43.4 Å². The summed E-state index contributed by atoms with van der Waals surface area (Å²) in [6.45, 7) is 8.68. The Balaban J connectivity index is 1.57. The molecule has 178 valence electrons. The number of carbonyl (C=O) groups excluding carboxylic acids is 2. The fourth-order valence-corrected chi connectivity index (χ4v) is 3.57. The molecule has 2 aromatic rings. The van der Waals surface area contributed by atoms with Crippen molar-refractivity contribution in [2.45, 2.75) is 13.8 Å². The molecule has 0 spiro atoms. The molecule has 0 aliphatic carbocycles. The van der Waals surface area contributed by atoms with Gasteiger partial charge >= 0.3 is 0 Å². The van der Waals surface area contributed by atoms with Gasteiger partial charge in [0.1, 0.15) is 18.9 Å². The molecule has 33 heavy (non-hydrogen) atoms. The Morgan fingerprint density at radius 1 is 1.03 bits per heavy atom. The highest BCUT2D eigenvalue weighted by molar-refractivity contribution is 6.01. The number of rotatable bonds is 11. The average molecular weight is 456 g/mol. The second kappa shape index (κ2) is 12.8. The van der Waals surface area contributed by atoms with Gasteiger partial charge in [0.25, 0.3) is 5.91 Å². The van der Waals surface area contributed by atoms with Crippen molar-refractivity contribution in [3.05, 3.63) is 54.1 Å². The van der Waals surface area contributed by atoms with Gasteiger partial charge in [0.15, 0.2) is 0 Å². The number of hydrogen-bond acceptors (Lipinski definition) is 6. The van der Waals surface area contributed by atoms with Crippen LogP contribution in [0.2, 0.25) is 0 Å². The SMILES string of the molecule is CCOCCOc1ccccc1C(=O)N(CC)CC(=O)Nc1ccc(N2CCOCC2)cc1. The summed E-state index contributed by atoms with van der Waals surface area (Å²) in [6, 6.07) is 14.8. The summed E-state index contributed by atoms with van der Waals surface area (Å²) >= 11 is 0. The van der Waals surface area contributed by atoms with Crippen molar-refractivity contribution in [1.29, 1.82) is 0 Å². The van der Waals surface area contributed by atoms with Gasteiger partial charge in [-0.05, 0) is 50.2 Å². The number of hydrogen-bond donors (Lipinski definition) is 1. The summed E-state index contributed by atoms with van der Waals surface area (Å²) in [7, 11) is 0. The zero-order chi connectivity index (χ0) is 23.5. The van der Waals surface area contributed by atoms with Gasteiger partial charge in [-0.15, -0.1) is 0 Å². The molecule has 8 nitrogen and oxygen atoms in total. The predicted molar refractivity (Wildman–Crippen MR) is 128 cm³/mol. The lowest BCUT2D eigenvalue weighted by Crippen LogP contribution is -2.38. The Kier molecular flexibility index (Phi) is 9.53. The molecular formula is C25H33N3O5. The fourth-order valence-electron chi connectivity index (χ4n) is 3.57. The number of morpholine rings is 1. The van der Waals surface area contributed by atoms with Gasteiger partial charge in [0.05, 0.1) is 25.4 Å². The van der Waals surface area contributed by atoms with E-state index in [1.54, 1.807) is 18.2 Å².